The average molecular weight is 617 g/mol. The number of anilines is 1. The first-order chi connectivity index (χ1) is 19.5. The van der Waals surface area contributed by atoms with Crippen molar-refractivity contribution in [2.75, 3.05) is 10.7 Å². The highest BCUT2D eigenvalue weighted by atomic mass is 32.2. The molecule has 19 heteroatoms. The molecule has 1 aliphatic heterocycles. The molecule has 2 atom stereocenters. The van der Waals surface area contributed by atoms with Gasteiger partial charge in [0, 0.05) is 11.1 Å². The zero-order chi connectivity index (χ0) is 30.6. The Kier molecular flexibility index (Phi) is 7.06. The molecular formula is C23H17F6N7O5S. The van der Waals surface area contributed by atoms with Gasteiger partial charge < -0.3 is 25.3 Å². The molecule has 42 heavy (non-hydrogen) atoms. The van der Waals surface area contributed by atoms with Crippen LogP contribution < -0.4 is 16.4 Å². The first kappa shape index (κ1) is 29.1. The normalized spacial score (nSPS) is 18.0. The van der Waals surface area contributed by atoms with Crippen LogP contribution in [0.2, 0.25) is 0 Å². The van der Waals surface area contributed by atoms with E-state index in [1.807, 2.05) is 0 Å². The second-order valence-electron chi connectivity index (χ2n) is 9.08. The summed E-state index contributed by atoms with van der Waals surface area (Å²) < 4.78 is 113. The number of hydrogen-bond donors (Lipinski definition) is 2. The third-order valence-electron chi connectivity index (χ3n) is 6.09. The number of carbonyl (C=O) groups excluding carboxylic acids is 1. The molecule has 4 N–H and O–H groups in total. The molecule has 4 aromatic rings. The van der Waals surface area contributed by atoms with Gasteiger partial charge in [0.15, 0.2) is 15.9 Å². The van der Waals surface area contributed by atoms with Crippen LogP contribution in [0.1, 0.15) is 23.4 Å². The van der Waals surface area contributed by atoms with Crippen molar-refractivity contribution < 1.29 is 48.5 Å². The zero-order valence-corrected chi connectivity index (χ0v) is 21.5. The van der Waals surface area contributed by atoms with Gasteiger partial charge in [0.05, 0.1) is 28.9 Å². The number of nitrogens with zero attached hydrogens (tertiary/aromatic N) is 5. The van der Waals surface area contributed by atoms with E-state index in [9.17, 15) is 39.6 Å². The highest BCUT2D eigenvalue weighted by Gasteiger charge is 2.42. The Labute approximate surface area is 231 Å². The van der Waals surface area contributed by atoms with E-state index in [0.29, 0.717) is 5.56 Å². The van der Waals surface area contributed by atoms with Gasteiger partial charge in [-0.1, -0.05) is 29.4 Å². The van der Waals surface area contributed by atoms with E-state index < -0.39 is 63.6 Å². The van der Waals surface area contributed by atoms with E-state index in [1.165, 1.54) is 36.4 Å². The van der Waals surface area contributed by atoms with Crippen LogP contribution >= 0.6 is 0 Å². The van der Waals surface area contributed by atoms with Crippen LogP contribution in [0.4, 0.5) is 32.0 Å². The maximum atomic E-state index is 13.2. The van der Waals surface area contributed by atoms with Gasteiger partial charge in [0.2, 0.25) is 23.5 Å². The van der Waals surface area contributed by atoms with Crippen molar-refractivity contribution in [1.29, 1.82) is 0 Å². The van der Waals surface area contributed by atoms with Gasteiger partial charge in [-0.25, -0.2) is 8.42 Å². The SMILES string of the molecule is NC(c1nnc(-c2ccc3c(c2)N(Cc2ccc(-c4noc(C(F)(F)F)n4)cc2)C(=O)[C@@H](N)CS3(=O)=O)o1)C(F)(F)F. The largest absolute Gasteiger partial charge is 0.471 e. The summed E-state index contributed by atoms with van der Waals surface area (Å²) in [5, 5.41) is 10.2. The van der Waals surface area contributed by atoms with E-state index in [4.69, 9.17) is 15.9 Å². The Morgan fingerprint density at radius 2 is 1.69 bits per heavy atom. The van der Waals surface area contributed by atoms with Gasteiger partial charge in [-0.15, -0.1) is 10.2 Å². The number of sulfone groups is 1. The molecule has 2 aromatic carbocycles. The molecule has 1 aliphatic rings. The van der Waals surface area contributed by atoms with Gasteiger partial charge in [-0.3, -0.25) is 4.79 Å². The molecule has 0 spiro atoms. The summed E-state index contributed by atoms with van der Waals surface area (Å²) in [5.74, 6) is -4.75. The summed E-state index contributed by atoms with van der Waals surface area (Å²) in [7, 11) is -4.11. The minimum absolute atomic E-state index is 0.0155. The molecule has 1 unspecified atom stereocenters. The summed E-state index contributed by atoms with van der Waals surface area (Å²) in [6, 6.07) is 5.07. The van der Waals surface area contributed by atoms with Gasteiger partial charge in [-0.2, -0.15) is 31.3 Å². The molecule has 5 rings (SSSR count). The van der Waals surface area contributed by atoms with Crippen molar-refractivity contribution >= 4 is 21.4 Å². The molecule has 0 saturated carbocycles. The standard InChI is InChI=1S/C23H17F6N7O5S/c24-22(25,26)16(31)19-34-33-18(40-19)12-5-6-15-14(7-12)36(20(37)13(30)9-42(15,38)39)8-10-1-3-11(4-2-10)17-32-21(41-35-17)23(27,28)29/h1-7,13,16H,8-9,30-31H2/t13-,16?/m0/s1. The van der Waals surface area contributed by atoms with E-state index in [0.717, 1.165) is 11.0 Å². The summed E-state index contributed by atoms with van der Waals surface area (Å²) in [4.78, 5) is 17.3. The predicted octanol–water partition coefficient (Wildman–Crippen LogP) is 3.02. The Bertz CT molecular complexity index is 1750. The van der Waals surface area contributed by atoms with Crippen LogP contribution in [0, 0.1) is 0 Å². The second-order valence-corrected chi connectivity index (χ2v) is 11.1. The van der Waals surface area contributed by atoms with E-state index in [2.05, 4.69) is 24.9 Å². The third-order valence-corrected chi connectivity index (χ3v) is 7.91. The number of rotatable bonds is 5. The number of hydrogen-bond acceptors (Lipinski definition) is 11. The van der Waals surface area contributed by atoms with Gasteiger partial charge in [0.25, 0.3) is 0 Å². The molecule has 0 aliphatic carbocycles. The number of nitrogens with two attached hydrogens (primary N) is 2. The fraction of sp³-hybridized carbons (Fsp3) is 0.261. The van der Waals surface area contributed by atoms with E-state index in [1.54, 1.807) is 0 Å². The number of amides is 1. The number of alkyl halides is 6. The molecule has 1 amide bonds. The third kappa shape index (κ3) is 5.57. The summed E-state index contributed by atoms with van der Waals surface area (Å²) in [5.41, 5.74) is 11.4. The van der Waals surface area contributed by atoms with Crippen LogP contribution in [0.3, 0.4) is 0 Å². The van der Waals surface area contributed by atoms with Crippen molar-refractivity contribution in [3.63, 3.8) is 0 Å². The average Bonchev–Trinajstić information content (AvgIpc) is 3.60. The van der Waals surface area contributed by atoms with Gasteiger partial charge in [-0.05, 0) is 23.8 Å². The molecule has 3 heterocycles. The Morgan fingerprint density at radius 1 is 1.02 bits per heavy atom. The highest BCUT2D eigenvalue weighted by Crippen LogP contribution is 2.37. The molecule has 222 valence electrons. The molecule has 0 fully saturated rings. The van der Waals surface area contributed by atoms with Crippen LogP contribution in [0.25, 0.3) is 22.8 Å². The zero-order valence-electron chi connectivity index (χ0n) is 20.7. The quantitative estimate of drug-likeness (QED) is 0.314. The van der Waals surface area contributed by atoms with Crippen LogP contribution in [0.5, 0.6) is 0 Å². The summed E-state index contributed by atoms with van der Waals surface area (Å²) >= 11 is 0. The predicted molar refractivity (Wildman–Crippen MR) is 129 cm³/mol. The molecular weight excluding hydrogens is 600 g/mol. The molecule has 0 bridgehead atoms. The first-order valence-corrected chi connectivity index (χ1v) is 13.3. The van der Waals surface area contributed by atoms with Crippen LogP contribution in [-0.4, -0.2) is 52.6 Å². The molecule has 12 nitrogen and oxygen atoms in total. The first-order valence-electron chi connectivity index (χ1n) is 11.6. The van der Waals surface area contributed by atoms with Crippen molar-refractivity contribution in [1.82, 2.24) is 20.3 Å². The van der Waals surface area contributed by atoms with Crippen molar-refractivity contribution in [2.45, 2.75) is 35.9 Å². The number of fused-ring (bicyclic) bond motifs is 1. The van der Waals surface area contributed by atoms with Gasteiger partial charge in [0.1, 0.15) is 0 Å². The molecule has 0 saturated heterocycles. The van der Waals surface area contributed by atoms with E-state index in [-0.39, 0.29) is 34.1 Å². The van der Waals surface area contributed by atoms with Gasteiger partial charge >= 0.3 is 18.2 Å². The minimum Gasteiger partial charge on any atom is -0.419 e. The lowest BCUT2D eigenvalue weighted by Crippen LogP contribution is -2.45. The molecule has 2 aromatic heterocycles. The monoisotopic (exact) mass is 617 g/mol. The van der Waals surface area contributed by atoms with Crippen LogP contribution in [0.15, 0.2) is 56.3 Å². The lowest BCUT2D eigenvalue weighted by atomic mass is 10.1. The smallest absolute Gasteiger partial charge is 0.419 e. The van der Waals surface area contributed by atoms with E-state index >= 15 is 0 Å². The number of carbonyl (C=O) groups is 1. The van der Waals surface area contributed by atoms with Crippen molar-refractivity contribution in [3.8, 4) is 22.8 Å². The maximum Gasteiger partial charge on any atom is 0.471 e. The lowest BCUT2D eigenvalue weighted by molar-refractivity contribution is -0.159. The Morgan fingerprint density at radius 3 is 2.31 bits per heavy atom. The number of aromatic nitrogens is 4. The number of halogens is 6. The second kappa shape index (κ2) is 10.2. The lowest BCUT2D eigenvalue weighted by Gasteiger charge is -2.24. The summed E-state index contributed by atoms with van der Waals surface area (Å²) in [6.45, 7) is -0.257. The van der Waals surface area contributed by atoms with Crippen LogP contribution in [-0.2, 0) is 27.4 Å². The fourth-order valence-electron chi connectivity index (χ4n) is 4.02. The Balaban J connectivity index is 1.50. The van der Waals surface area contributed by atoms with Crippen molar-refractivity contribution in [3.05, 3.63) is 59.8 Å². The number of benzene rings is 2. The van der Waals surface area contributed by atoms with Crippen molar-refractivity contribution in [2.24, 2.45) is 11.5 Å². The Hall–Kier alpha value is -4.36. The molecule has 0 radical (unpaired) electrons. The summed E-state index contributed by atoms with van der Waals surface area (Å²) in [6.07, 6.45) is -9.71. The fourth-order valence-corrected chi connectivity index (χ4v) is 5.58. The topological polar surface area (TPSA) is 184 Å². The maximum absolute atomic E-state index is 13.2. The highest BCUT2D eigenvalue weighted by molar-refractivity contribution is 7.91. The minimum atomic E-state index is -4.87.